The van der Waals surface area contributed by atoms with Gasteiger partial charge in [0.25, 0.3) is 0 Å². The second-order valence-electron chi connectivity index (χ2n) is 8.78. The van der Waals surface area contributed by atoms with E-state index in [0.29, 0.717) is 38.4 Å². The van der Waals surface area contributed by atoms with Gasteiger partial charge in [-0.15, -0.1) is 0 Å². The number of nitrogens with zero attached hydrogens (tertiary/aromatic N) is 3. The fraction of sp³-hybridized carbons (Fsp3) is 0.682. The Morgan fingerprint density at radius 2 is 1.81 bits per heavy atom. The maximum atomic E-state index is 12.6. The molecule has 3 saturated heterocycles. The van der Waals surface area contributed by atoms with E-state index in [0.717, 1.165) is 39.4 Å². The van der Waals surface area contributed by atoms with Crippen LogP contribution in [-0.2, 0) is 16.0 Å². The fourth-order valence-corrected chi connectivity index (χ4v) is 4.72. The van der Waals surface area contributed by atoms with Crippen molar-refractivity contribution in [3.63, 3.8) is 0 Å². The molecule has 0 spiro atoms. The van der Waals surface area contributed by atoms with E-state index in [4.69, 9.17) is 4.74 Å². The smallest absolute Gasteiger partial charge is 0.425 e. The van der Waals surface area contributed by atoms with Crippen LogP contribution >= 0.6 is 0 Å². The summed E-state index contributed by atoms with van der Waals surface area (Å²) in [6.45, 7) is 7.44. The standard InChI is InChI=1S/C22H30F3N3O3/c1-15-4-3-5-17(20(15)28-13-18-6-7-19(14-28)31-18)12-26-8-10-27(11-9-26)21(29)30-16(2)22(23,24)25/h3-5,16,18-19H,6-14H2,1-2H3. The zero-order valence-corrected chi connectivity index (χ0v) is 18.0. The molecule has 4 rings (SSSR count). The number of rotatable bonds is 4. The third kappa shape index (κ3) is 5.09. The van der Waals surface area contributed by atoms with Crippen LogP contribution in [0.25, 0.3) is 0 Å². The first kappa shape index (κ1) is 22.2. The predicted octanol–water partition coefficient (Wildman–Crippen LogP) is 3.57. The fourth-order valence-electron chi connectivity index (χ4n) is 4.72. The molecule has 0 N–H and O–H groups in total. The lowest BCUT2D eigenvalue weighted by molar-refractivity contribution is -0.200. The molecule has 3 aliphatic rings. The van der Waals surface area contributed by atoms with Gasteiger partial charge in [-0.1, -0.05) is 18.2 Å². The van der Waals surface area contributed by atoms with Gasteiger partial charge in [0.1, 0.15) is 0 Å². The van der Waals surface area contributed by atoms with E-state index in [1.165, 1.54) is 21.7 Å². The lowest BCUT2D eigenvalue weighted by atomic mass is 10.0. The number of amides is 1. The average Bonchev–Trinajstić information content (AvgIpc) is 3.05. The molecule has 0 aliphatic carbocycles. The highest BCUT2D eigenvalue weighted by Crippen LogP contribution is 2.34. The van der Waals surface area contributed by atoms with Gasteiger partial charge in [-0.25, -0.2) is 4.79 Å². The SMILES string of the molecule is Cc1cccc(CN2CCN(C(=O)OC(C)C(F)(F)F)CC2)c1N1CC2CCC(C1)O2. The van der Waals surface area contributed by atoms with Crippen LogP contribution in [0.5, 0.6) is 0 Å². The average molecular weight is 441 g/mol. The Morgan fingerprint density at radius 1 is 1.16 bits per heavy atom. The van der Waals surface area contributed by atoms with Crippen molar-refractivity contribution in [2.75, 3.05) is 44.2 Å². The molecular formula is C22H30F3N3O3. The molecule has 1 amide bonds. The first-order valence-electron chi connectivity index (χ1n) is 10.9. The van der Waals surface area contributed by atoms with Crippen LogP contribution in [0.3, 0.4) is 0 Å². The van der Waals surface area contributed by atoms with Crippen molar-refractivity contribution in [1.29, 1.82) is 0 Å². The van der Waals surface area contributed by atoms with Crippen molar-refractivity contribution in [2.45, 2.75) is 57.7 Å². The Balaban J connectivity index is 1.36. The van der Waals surface area contributed by atoms with Gasteiger partial charge in [0.2, 0.25) is 0 Å². The number of benzene rings is 1. The number of hydrogen-bond acceptors (Lipinski definition) is 5. The molecule has 9 heteroatoms. The van der Waals surface area contributed by atoms with Crippen LogP contribution in [0.4, 0.5) is 23.7 Å². The number of carbonyl (C=O) groups excluding carboxylic acids is 1. The minimum Gasteiger partial charge on any atom is -0.437 e. The second-order valence-corrected chi connectivity index (χ2v) is 8.78. The Morgan fingerprint density at radius 3 is 2.42 bits per heavy atom. The van der Waals surface area contributed by atoms with E-state index < -0.39 is 18.4 Å². The number of hydrogen-bond donors (Lipinski definition) is 0. The molecule has 31 heavy (non-hydrogen) atoms. The van der Waals surface area contributed by atoms with Crippen molar-refractivity contribution in [3.8, 4) is 0 Å². The summed E-state index contributed by atoms with van der Waals surface area (Å²) in [5.41, 5.74) is 3.74. The van der Waals surface area contributed by atoms with E-state index in [2.05, 4.69) is 39.7 Å². The van der Waals surface area contributed by atoms with Crippen LogP contribution in [-0.4, -0.2) is 79.6 Å². The highest BCUT2D eigenvalue weighted by atomic mass is 19.4. The van der Waals surface area contributed by atoms with E-state index >= 15 is 0 Å². The van der Waals surface area contributed by atoms with Crippen molar-refractivity contribution in [1.82, 2.24) is 9.80 Å². The van der Waals surface area contributed by atoms with Gasteiger partial charge in [-0.2, -0.15) is 13.2 Å². The molecule has 3 heterocycles. The number of ether oxygens (including phenoxy) is 2. The summed E-state index contributed by atoms with van der Waals surface area (Å²) in [5.74, 6) is 0. The van der Waals surface area contributed by atoms with Gasteiger partial charge in [0, 0.05) is 51.5 Å². The number of alkyl halides is 3. The molecule has 172 valence electrons. The zero-order chi connectivity index (χ0) is 22.2. The number of halogens is 3. The molecule has 3 fully saturated rings. The van der Waals surface area contributed by atoms with E-state index in [1.54, 1.807) is 0 Å². The summed E-state index contributed by atoms with van der Waals surface area (Å²) in [4.78, 5) is 18.1. The topological polar surface area (TPSA) is 45.2 Å². The Hall–Kier alpha value is -2.00. The molecule has 2 bridgehead atoms. The van der Waals surface area contributed by atoms with Crippen molar-refractivity contribution in [3.05, 3.63) is 29.3 Å². The van der Waals surface area contributed by atoms with Gasteiger partial charge >= 0.3 is 12.3 Å². The molecule has 1 aromatic rings. The summed E-state index contributed by atoms with van der Waals surface area (Å²) in [7, 11) is 0. The first-order valence-corrected chi connectivity index (χ1v) is 10.9. The highest BCUT2D eigenvalue weighted by molar-refractivity contribution is 5.68. The lowest BCUT2D eigenvalue weighted by Crippen LogP contribution is -2.50. The quantitative estimate of drug-likeness (QED) is 0.715. The number of piperazine rings is 1. The van der Waals surface area contributed by atoms with Crippen molar-refractivity contribution >= 4 is 11.8 Å². The number of anilines is 1. The molecule has 1 aromatic carbocycles. The molecule has 6 nitrogen and oxygen atoms in total. The van der Waals surface area contributed by atoms with Crippen LogP contribution < -0.4 is 4.90 Å². The van der Waals surface area contributed by atoms with Gasteiger partial charge in [0.15, 0.2) is 6.10 Å². The molecule has 3 aliphatic heterocycles. The highest BCUT2D eigenvalue weighted by Gasteiger charge is 2.40. The number of morpholine rings is 1. The third-order valence-electron chi connectivity index (χ3n) is 6.44. The summed E-state index contributed by atoms with van der Waals surface area (Å²) >= 11 is 0. The molecule has 0 saturated carbocycles. The number of aryl methyl sites for hydroxylation is 1. The Bertz CT molecular complexity index is 784. The summed E-state index contributed by atoms with van der Waals surface area (Å²) in [6, 6.07) is 6.34. The van der Waals surface area contributed by atoms with Crippen LogP contribution in [0.1, 0.15) is 30.9 Å². The monoisotopic (exact) mass is 441 g/mol. The molecule has 0 radical (unpaired) electrons. The van der Waals surface area contributed by atoms with E-state index in [9.17, 15) is 18.0 Å². The van der Waals surface area contributed by atoms with Crippen LogP contribution in [0, 0.1) is 6.92 Å². The van der Waals surface area contributed by atoms with Gasteiger partial charge in [-0.3, -0.25) is 4.90 Å². The number of fused-ring (bicyclic) bond motifs is 2. The second kappa shape index (κ2) is 8.86. The number of carbonyl (C=O) groups is 1. The minimum atomic E-state index is -4.54. The van der Waals surface area contributed by atoms with E-state index in [1.807, 2.05) is 0 Å². The molecule has 3 atom stereocenters. The predicted molar refractivity (Wildman–Crippen MR) is 110 cm³/mol. The maximum absolute atomic E-state index is 12.6. The van der Waals surface area contributed by atoms with Gasteiger partial charge in [0.05, 0.1) is 12.2 Å². The summed E-state index contributed by atoms with van der Waals surface area (Å²) < 4.78 is 48.5. The third-order valence-corrected chi connectivity index (χ3v) is 6.44. The summed E-state index contributed by atoms with van der Waals surface area (Å²) in [6.07, 6.45) is -4.69. The lowest BCUT2D eigenvalue weighted by Gasteiger charge is -2.38. The zero-order valence-electron chi connectivity index (χ0n) is 18.0. The molecular weight excluding hydrogens is 411 g/mol. The van der Waals surface area contributed by atoms with Crippen molar-refractivity contribution < 1.29 is 27.4 Å². The Kier molecular flexibility index (Phi) is 6.35. The van der Waals surface area contributed by atoms with E-state index in [-0.39, 0.29) is 0 Å². The maximum Gasteiger partial charge on any atom is 0.425 e. The largest absolute Gasteiger partial charge is 0.437 e. The van der Waals surface area contributed by atoms with Gasteiger partial charge in [-0.05, 0) is 37.8 Å². The Labute approximate surface area is 180 Å². The normalized spacial score (nSPS) is 25.6. The van der Waals surface area contributed by atoms with Gasteiger partial charge < -0.3 is 19.3 Å². The molecule has 3 unspecified atom stereocenters. The number of para-hydroxylation sites is 1. The van der Waals surface area contributed by atoms with Crippen LogP contribution in [0.2, 0.25) is 0 Å². The van der Waals surface area contributed by atoms with Crippen molar-refractivity contribution in [2.24, 2.45) is 0 Å². The molecule has 0 aromatic heterocycles. The first-order chi connectivity index (χ1) is 14.7. The minimum absolute atomic E-state index is 0.305. The van der Waals surface area contributed by atoms with Crippen LogP contribution in [0.15, 0.2) is 18.2 Å². The summed E-state index contributed by atoms with van der Waals surface area (Å²) in [5, 5.41) is 0.